The van der Waals surface area contributed by atoms with Crippen molar-refractivity contribution in [2.45, 2.75) is 13.0 Å². The van der Waals surface area contributed by atoms with E-state index in [0.29, 0.717) is 0 Å². The van der Waals surface area contributed by atoms with E-state index in [2.05, 4.69) is 27.3 Å². The minimum absolute atomic E-state index is 0.0298. The number of nitrogens with one attached hydrogen (secondary N) is 1. The molecule has 7 heteroatoms. The van der Waals surface area contributed by atoms with Crippen LogP contribution in [0, 0.1) is 0 Å². The van der Waals surface area contributed by atoms with Crippen LogP contribution in [0.1, 0.15) is 18.9 Å². The van der Waals surface area contributed by atoms with Gasteiger partial charge in [0.25, 0.3) is 0 Å². The Kier molecular flexibility index (Phi) is 4.40. The fraction of sp³-hybridized carbons (Fsp3) is 0.500. The lowest BCUT2D eigenvalue weighted by Gasteiger charge is -2.21. The van der Waals surface area contributed by atoms with Crippen molar-refractivity contribution in [3.63, 3.8) is 0 Å². The molecule has 0 saturated carbocycles. The Bertz CT molecular complexity index is 609. The smallest absolute Gasteiger partial charge is 0.160 e. The molecule has 0 amide bonds. The minimum Gasteiger partial charge on any atom is -0.370 e. The van der Waals surface area contributed by atoms with Crippen LogP contribution in [0.5, 0.6) is 0 Å². The lowest BCUT2D eigenvalue weighted by Crippen LogP contribution is -2.19. The third kappa shape index (κ3) is 3.36. The first-order valence-electron chi connectivity index (χ1n) is 7.07. The quantitative estimate of drug-likeness (QED) is 0.933. The summed E-state index contributed by atoms with van der Waals surface area (Å²) < 4.78 is 7.57. The van der Waals surface area contributed by atoms with Crippen LogP contribution in [-0.4, -0.2) is 44.4 Å². The molecule has 1 fully saturated rings. The molecule has 3 heterocycles. The van der Waals surface area contributed by atoms with Gasteiger partial charge < -0.3 is 10.1 Å². The van der Waals surface area contributed by atoms with Gasteiger partial charge in [0, 0.05) is 42.9 Å². The molecule has 1 N–H and O–H groups in total. The van der Waals surface area contributed by atoms with E-state index in [0.717, 1.165) is 47.6 Å². The maximum atomic E-state index is 5.80. The minimum atomic E-state index is -0.0298. The Hall–Kier alpha value is -1.60. The number of anilines is 1. The van der Waals surface area contributed by atoms with E-state index in [-0.39, 0.29) is 6.10 Å². The van der Waals surface area contributed by atoms with Crippen molar-refractivity contribution in [2.75, 3.05) is 30.0 Å². The maximum Gasteiger partial charge on any atom is 0.160 e. The second kappa shape index (κ2) is 6.44. The number of aryl methyl sites for hydroxylation is 1. The Morgan fingerprint density at radius 2 is 2.38 bits per heavy atom. The van der Waals surface area contributed by atoms with Crippen molar-refractivity contribution >= 4 is 17.6 Å². The third-order valence-corrected chi connectivity index (χ3v) is 4.20. The fourth-order valence-electron chi connectivity index (χ4n) is 2.22. The number of nitrogens with zero attached hydrogens (tertiary/aromatic N) is 4. The van der Waals surface area contributed by atoms with E-state index in [1.165, 1.54) is 0 Å². The highest BCUT2D eigenvalue weighted by Gasteiger charge is 2.21. The largest absolute Gasteiger partial charge is 0.370 e. The maximum absolute atomic E-state index is 5.80. The summed E-state index contributed by atoms with van der Waals surface area (Å²) in [5.41, 5.74) is 1.87. The molecular formula is C14H19N5OS. The van der Waals surface area contributed by atoms with Crippen molar-refractivity contribution in [2.24, 2.45) is 7.05 Å². The summed E-state index contributed by atoms with van der Waals surface area (Å²) in [5.74, 6) is 3.53. The Morgan fingerprint density at radius 1 is 1.48 bits per heavy atom. The molecule has 0 bridgehead atoms. The zero-order chi connectivity index (χ0) is 14.7. The SMILES string of the molecule is CCNc1cc(-c2cnn(C)c2)nc(C2CSCCO2)n1. The number of hydrogen-bond acceptors (Lipinski definition) is 6. The van der Waals surface area contributed by atoms with Gasteiger partial charge in [0.15, 0.2) is 5.82 Å². The van der Waals surface area contributed by atoms with Gasteiger partial charge in [-0.05, 0) is 6.92 Å². The number of thioether (sulfide) groups is 1. The second-order valence-corrected chi connectivity index (χ2v) is 6.01. The first-order chi connectivity index (χ1) is 10.3. The molecule has 1 aliphatic rings. The van der Waals surface area contributed by atoms with E-state index in [4.69, 9.17) is 4.74 Å². The highest BCUT2D eigenvalue weighted by Crippen LogP contribution is 2.27. The zero-order valence-electron chi connectivity index (χ0n) is 12.2. The van der Waals surface area contributed by atoms with Crippen molar-refractivity contribution in [3.05, 3.63) is 24.3 Å². The molecule has 1 unspecified atom stereocenters. The highest BCUT2D eigenvalue weighted by molar-refractivity contribution is 7.99. The van der Waals surface area contributed by atoms with Gasteiger partial charge in [0.2, 0.25) is 0 Å². The highest BCUT2D eigenvalue weighted by atomic mass is 32.2. The van der Waals surface area contributed by atoms with Gasteiger partial charge in [-0.1, -0.05) is 0 Å². The standard InChI is InChI=1S/C14H19N5OS/c1-3-15-13-6-11(10-7-16-19(2)8-10)17-14(18-13)12-9-21-5-4-20-12/h6-8,12H,3-5,9H2,1-2H3,(H,15,17,18). The summed E-state index contributed by atoms with van der Waals surface area (Å²) in [6, 6.07) is 1.96. The predicted molar refractivity (Wildman–Crippen MR) is 84.4 cm³/mol. The Balaban J connectivity index is 1.96. The molecular weight excluding hydrogens is 286 g/mol. The van der Waals surface area contributed by atoms with Crippen LogP contribution >= 0.6 is 11.8 Å². The molecule has 2 aromatic rings. The number of hydrogen-bond donors (Lipinski definition) is 1. The van der Waals surface area contributed by atoms with Gasteiger partial charge in [-0.25, -0.2) is 9.97 Å². The predicted octanol–water partition coefficient (Wildman–Crippen LogP) is 2.11. The van der Waals surface area contributed by atoms with Gasteiger partial charge in [-0.2, -0.15) is 16.9 Å². The molecule has 3 rings (SSSR count). The van der Waals surface area contributed by atoms with Gasteiger partial charge in [0.05, 0.1) is 18.5 Å². The lowest BCUT2D eigenvalue weighted by atomic mass is 10.2. The van der Waals surface area contributed by atoms with Crippen LogP contribution in [0.2, 0.25) is 0 Å². The first kappa shape index (κ1) is 14.3. The summed E-state index contributed by atoms with van der Waals surface area (Å²) in [6.07, 6.45) is 3.74. The third-order valence-electron chi connectivity index (χ3n) is 3.21. The molecule has 1 saturated heterocycles. The number of rotatable bonds is 4. The van der Waals surface area contributed by atoms with Gasteiger partial charge >= 0.3 is 0 Å². The van der Waals surface area contributed by atoms with Gasteiger partial charge in [-0.3, -0.25) is 4.68 Å². The summed E-state index contributed by atoms with van der Waals surface area (Å²) in [7, 11) is 1.90. The molecule has 0 aromatic carbocycles. The molecule has 0 aliphatic carbocycles. The number of ether oxygens (including phenoxy) is 1. The monoisotopic (exact) mass is 305 g/mol. The van der Waals surface area contributed by atoms with E-state index in [9.17, 15) is 0 Å². The average molecular weight is 305 g/mol. The van der Waals surface area contributed by atoms with Crippen LogP contribution in [-0.2, 0) is 11.8 Å². The molecule has 1 aliphatic heterocycles. The molecule has 21 heavy (non-hydrogen) atoms. The van der Waals surface area contributed by atoms with Gasteiger partial charge in [0.1, 0.15) is 11.9 Å². The van der Waals surface area contributed by atoms with Crippen LogP contribution in [0.25, 0.3) is 11.3 Å². The second-order valence-electron chi connectivity index (χ2n) is 4.86. The molecule has 1 atom stereocenters. The fourth-order valence-corrected chi connectivity index (χ4v) is 3.06. The molecule has 6 nitrogen and oxygen atoms in total. The Labute approximate surface area is 128 Å². The normalized spacial score (nSPS) is 18.7. The molecule has 112 valence electrons. The molecule has 0 radical (unpaired) electrons. The van der Waals surface area contributed by atoms with Crippen LogP contribution in [0.4, 0.5) is 5.82 Å². The summed E-state index contributed by atoms with van der Waals surface area (Å²) >= 11 is 1.88. The lowest BCUT2D eigenvalue weighted by molar-refractivity contribution is 0.0696. The van der Waals surface area contributed by atoms with Crippen LogP contribution in [0.3, 0.4) is 0 Å². The van der Waals surface area contributed by atoms with E-state index >= 15 is 0 Å². The van der Waals surface area contributed by atoms with Crippen molar-refractivity contribution in [1.29, 1.82) is 0 Å². The molecule has 2 aromatic heterocycles. The van der Waals surface area contributed by atoms with Crippen LogP contribution < -0.4 is 5.32 Å². The van der Waals surface area contributed by atoms with Crippen LogP contribution in [0.15, 0.2) is 18.5 Å². The topological polar surface area (TPSA) is 64.9 Å². The van der Waals surface area contributed by atoms with Gasteiger partial charge in [-0.15, -0.1) is 0 Å². The van der Waals surface area contributed by atoms with Crippen molar-refractivity contribution in [3.8, 4) is 11.3 Å². The average Bonchev–Trinajstić information content (AvgIpc) is 2.95. The summed E-state index contributed by atoms with van der Waals surface area (Å²) in [4.78, 5) is 9.27. The number of aromatic nitrogens is 4. The van der Waals surface area contributed by atoms with E-state index in [1.54, 1.807) is 4.68 Å². The van der Waals surface area contributed by atoms with E-state index in [1.807, 2.05) is 37.3 Å². The first-order valence-corrected chi connectivity index (χ1v) is 8.23. The zero-order valence-corrected chi connectivity index (χ0v) is 13.1. The molecule has 0 spiro atoms. The summed E-state index contributed by atoms with van der Waals surface area (Å²) in [5, 5.41) is 7.47. The summed E-state index contributed by atoms with van der Waals surface area (Å²) in [6.45, 7) is 3.63. The van der Waals surface area contributed by atoms with E-state index < -0.39 is 0 Å². The van der Waals surface area contributed by atoms with Crippen molar-refractivity contribution < 1.29 is 4.74 Å². The Morgan fingerprint density at radius 3 is 3.05 bits per heavy atom. The van der Waals surface area contributed by atoms with Crippen molar-refractivity contribution in [1.82, 2.24) is 19.7 Å².